The molecule has 0 atom stereocenters. The highest BCUT2D eigenvalue weighted by Crippen LogP contribution is 2.21. The van der Waals surface area contributed by atoms with Gasteiger partial charge in [0.2, 0.25) is 0 Å². The Morgan fingerprint density at radius 2 is 1.96 bits per heavy atom. The van der Waals surface area contributed by atoms with E-state index in [9.17, 15) is 0 Å². The predicted octanol–water partition coefficient (Wildman–Crippen LogP) is 2.73. The van der Waals surface area contributed by atoms with Gasteiger partial charge in [-0.25, -0.2) is 0 Å². The average Bonchev–Trinajstić information content (AvgIpc) is 3.18. The van der Waals surface area contributed by atoms with Crippen LogP contribution < -0.4 is 0 Å². The molecule has 3 rings (SSSR count). The van der Waals surface area contributed by atoms with Crippen LogP contribution in [-0.4, -0.2) is 31.7 Å². The highest BCUT2D eigenvalue weighted by molar-refractivity contribution is 7.98. The quantitative estimate of drug-likeness (QED) is 0.621. The summed E-state index contributed by atoms with van der Waals surface area (Å²) in [5.41, 5.74) is 2.38. The number of nitrogens with zero attached hydrogens (tertiary/aromatic N) is 5. The van der Waals surface area contributed by atoms with E-state index in [0.717, 1.165) is 35.4 Å². The number of hydrogen-bond acceptors (Lipinski definition) is 6. The molecule has 0 amide bonds. The molecular weight excluding hydrogens is 310 g/mol. The van der Waals surface area contributed by atoms with Crippen molar-refractivity contribution in [1.82, 2.24) is 24.6 Å². The monoisotopic (exact) mass is 329 g/mol. The van der Waals surface area contributed by atoms with Gasteiger partial charge in [0.05, 0.1) is 19.1 Å². The van der Waals surface area contributed by atoms with E-state index in [-0.39, 0.29) is 0 Å². The van der Waals surface area contributed by atoms with Gasteiger partial charge in [-0.1, -0.05) is 11.8 Å². The number of rotatable bonds is 7. The van der Waals surface area contributed by atoms with Crippen LogP contribution in [0, 0.1) is 0 Å². The summed E-state index contributed by atoms with van der Waals surface area (Å²) >= 11 is 1.68. The largest absolute Gasteiger partial charge is 0.472 e. The third-order valence-corrected chi connectivity index (χ3v) is 4.58. The fourth-order valence-electron chi connectivity index (χ4n) is 2.23. The van der Waals surface area contributed by atoms with Gasteiger partial charge in [-0.2, -0.15) is 0 Å². The molecule has 0 aliphatic rings. The summed E-state index contributed by atoms with van der Waals surface area (Å²) in [5, 5.41) is 9.53. The molecule has 0 radical (unpaired) electrons. The first-order valence-electron chi connectivity index (χ1n) is 7.32. The molecular formula is C16H19N5OS. The highest BCUT2D eigenvalue weighted by atomic mass is 32.2. The van der Waals surface area contributed by atoms with Gasteiger partial charge in [0.25, 0.3) is 0 Å². The van der Waals surface area contributed by atoms with Gasteiger partial charge in [-0.15, -0.1) is 10.2 Å². The second-order valence-corrected chi connectivity index (χ2v) is 6.35. The molecule has 0 saturated heterocycles. The molecule has 0 N–H and O–H groups in total. The normalized spacial score (nSPS) is 11.3. The van der Waals surface area contributed by atoms with Crippen LogP contribution in [0.15, 0.2) is 52.7 Å². The highest BCUT2D eigenvalue weighted by Gasteiger charge is 2.12. The van der Waals surface area contributed by atoms with Crippen molar-refractivity contribution in [2.75, 3.05) is 7.05 Å². The lowest BCUT2D eigenvalue weighted by Crippen LogP contribution is -2.19. The van der Waals surface area contributed by atoms with Crippen LogP contribution in [0.4, 0.5) is 0 Å². The SMILES string of the molecule is CN(Cc1ccoc1)Cc1nnc(SCc2ccncc2)n1C. The predicted molar refractivity (Wildman–Crippen MR) is 88.7 cm³/mol. The van der Waals surface area contributed by atoms with Crippen LogP contribution >= 0.6 is 11.8 Å². The van der Waals surface area contributed by atoms with E-state index in [0.29, 0.717) is 0 Å². The van der Waals surface area contributed by atoms with Crippen molar-refractivity contribution in [2.45, 2.75) is 24.0 Å². The fraction of sp³-hybridized carbons (Fsp3) is 0.312. The van der Waals surface area contributed by atoms with E-state index in [4.69, 9.17) is 4.42 Å². The van der Waals surface area contributed by atoms with E-state index < -0.39 is 0 Å². The van der Waals surface area contributed by atoms with E-state index in [2.05, 4.69) is 31.7 Å². The minimum atomic E-state index is 0.741. The molecule has 0 unspecified atom stereocenters. The summed E-state index contributed by atoms with van der Waals surface area (Å²) in [6.07, 6.45) is 7.08. The average molecular weight is 329 g/mol. The molecule has 0 spiro atoms. The summed E-state index contributed by atoms with van der Waals surface area (Å²) < 4.78 is 7.15. The van der Waals surface area contributed by atoms with E-state index in [1.807, 2.05) is 37.6 Å². The van der Waals surface area contributed by atoms with Crippen molar-refractivity contribution in [1.29, 1.82) is 0 Å². The summed E-state index contributed by atoms with van der Waals surface area (Å²) in [6.45, 7) is 1.56. The van der Waals surface area contributed by atoms with E-state index in [1.54, 1.807) is 24.3 Å². The van der Waals surface area contributed by atoms with Crippen LogP contribution in [0.25, 0.3) is 0 Å². The maximum atomic E-state index is 5.10. The van der Waals surface area contributed by atoms with Gasteiger partial charge in [0.1, 0.15) is 5.82 Å². The van der Waals surface area contributed by atoms with E-state index >= 15 is 0 Å². The van der Waals surface area contributed by atoms with Crippen LogP contribution in [0.2, 0.25) is 0 Å². The molecule has 3 heterocycles. The van der Waals surface area contributed by atoms with Crippen LogP contribution in [0.1, 0.15) is 17.0 Å². The molecule has 3 aromatic rings. The second-order valence-electron chi connectivity index (χ2n) is 5.41. The molecule has 7 heteroatoms. The van der Waals surface area contributed by atoms with Gasteiger partial charge < -0.3 is 8.98 Å². The molecule has 0 aromatic carbocycles. The molecule has 0 aliphatic carbocycles. The maximum Gasteiger partial charge on any atom is 0.191 e. The number of hydrogen-bond donors (Lipinski definition) is 0. The molecule has 120 valence electrons. The fourth-order valence-corrected chi connectivity index (χ4v) is 3.11. The molecule has 3 aromatic heterocycles. The Morgan fingerprint density at radius 1 is 1.13 bits per heavy atom. The first-order valence-corrected chi connectivity index (χ1v) is 8.30. The summed E-state index contributed by atoms with van der Waals surface area (Å²) in [6, 6.07) is 6.01. The Labute approximate surface area is 139 Å². The van der Waals surface area contributed by atoms with Gasteiger partial charge in [-0.3, -0.25) is 9.88 Å². The second kappa shape index (κ2) is 7.43. The first-order chi connectivity index (χ1) is 11.2. The summed E-state index contributed by atoms with van der Waals surface area (Å²) in [4.78, 5) is 6.22. The molecule has 23 heavy (non-hydrogen) atoms. The Morgan fingerprint density at radius 3 is 2.70 bits per heavy atom. The number of thioether (sulfide) groups is 1. The van der Waals surface area contributed by atoms with Crippen LogP contribution in [0.3, 0.4) is 0 Å². The van der Waals surface area contributed by atoms with Crippen molar-refractivity contribution in [3.63, 3.8) is 0 Å². The summed E-state index contributed by atoms with van der Waals surface area (Å²) in [7, 11) is 4.07. The van der Waals surface area contributed by atoms with Gasteiger partial charge in [-0.05, 0) is 30.8 Å². The van der Waals surface area contributed by atoms with Gasteiger partial charge >= 0.3 is 0 Å². The van der Waals surface area contributed by atoms with Crippen molar-refractivity contribution >= 4 is 11.8 Å². The lowest BCUT2D eigenvalue weighted by Gasteiger charge is -2.14. The molecule has 6 nitrogen and oxygen atoms in total. The zero-order valence-corrected chi connectivity index (χ0v) is 14.0. The minimum Gasteiger partial charge on any atom is -0.472 e. The number of aromatic nitrogens is 4. The minimum absolute atomic E-state index is 0.741. The lowest BCUT2D eigenvalue weighted by molar-refractivity contribution is 0.305. The number of furan rings is 1. The Bertz CT molecular complexity index is 726. The molecule has 0 bridgehead atoms. The zero-order valence-electron chi connectivity index (χ0n) is 13.2. The molecule has 0 saturated carbocycles. The van der Waals surface area contributed by atoms with Crippen molar-refractivity contribution in [3.8, 4) is 0 Å². The van der Waals surface area contributed by atoms with Gasteiger partial charge in [0.15, 0.2) is 5.16 Å². The Balaban J connectivity index is 1.58. The van der Waals surface area contributed by atoms with Crippen LogP contribution in [-0.2, 0) is 25.9 Å². The topological polar surface area (TPSA) is 60.0 Å². The summed E-state index contributed by atoms with van der Waals surface area (Å²) in [5.74, 6) is 1.81. The Kier molecular flexibility index (Phi) is 5.09. The first kappa shape index (κ1) is 15.8. The van der Waals surface area contributed by atoms with Crippen LogP contribution in [0.5, 0.6) is 0 Å². The third-order valence-electron chi connectivity index (χ3n) is 3.49. The Hall–Kier alpha value is -2.12. The third kappa shape index (κ3) is 4.20. The number of pyridine rings is 1. The van der Waals surface area contributed by atoms with Crippen molar-refractivity contribution in [3.05, 3.63) is 60.1 Å². The zero-order chi connectivity index (χ0) is 16.1. The molecule has 0 aliphatic heterocycles. The maximum absolute atomic E-state index is 5.10. The van der Waals surface area contributed by atoms with Gasteiger partial charge in [0, 0.05) is 37.3 Å². The smallest absolute Gasteiger partial charge is 0.191 e. The standard InChI is InChI=1S/C16H19N5OS/c1-20(9-14-5-8-22-11-14)10-15-18-19-16(21(15)2)23-12-13-3-6-17-7-4-13/h3-8,11H,9-10,12H2,1-2H3. The lowest BCUT2D eigenvalue weighted by atomic mass is 10.3. The van der Waals surface area contributed by atoms with E-state index in [1.165, 1.54) is 5.56 Å². The van der Waals surface area contributed by atoms with Crippen molar-refractivity contribution < 1.29 is 4.42 Å². The van der Waals surface area contributed by atoms with Crippen molar-refractivity contribution in [2.24, 2.45) is 7.05 Å². The molecule has 0 fully saturated rings.